The summed E-state index contributed by atoms with van der Waals surface area (Å²) in [4.78, 5) is 0. The van der Waals surface area contributed by atoms with Crippen molar-refractivity contribution in [3.05, 3.63) is 66.8 Å². The van der Waals surface area contributed by atoms with Crippen LogP contribution in [-0.4, -0.2) is 36.2 Å². The van der Waals surface area contributed by atoms with Gasteiger partial charge in [-0.3, -0.25) is 0 Å². The van der Waals surface area contributed by atoms with Crippen LogP contribution >= 0.6 is 0 Å². The van der Waals surface area contributed by atoms with E-state index < -0.39 is 33.4 Å². The fourth-order valence-corrected chi connectivity index (χ4v) is 5.27. The molecule has 0 radical (unpaired) electrons. The van der Waals surface area contributed by atoms with E-state index >= 15 is 0 Å². The second kappa shape index (κ2) is 11.1. The lowest BCUT2D eigenvalue weighted by Gasteiger charge is -2.34. The van der Waals surface area contributed by atoms with Gasteiger partial charge in [0.15, 0.2) is 17.3 Å². The number of halogens is 10. The van der Waals surface area contributed by atoms with Crippen LogP contribution in [0.4, 0.5) is 39.5 Å². The standard InChI is InChI=1S/C20H26I.C4HF9O3S/c1-19(2,3)15-7-11-17(12-8-15)21-18-13-9-16(10-14-18)20(4,5)6;5-1(6,3(9,10)11)2(7,8)4(12,13)17(14,15)16/h7-14H,1-6H3;(H,14,15,16)/q+1;/p-1. The fraction of sp³-hybridized carbons (Fsp3) is 0.500. The summed E-state index contributed by atoms with van der Waals surface area (Å²) < 4.78 is 138. The van der Waals surface area contributed by atoms with Gasteiger partial charge in [-0.25, -0.2) is 8.42 Å². The molecule has 0 saturated heterocycles. The van der Waals surface area contributed by atoms with Crippen LogP contribution < -0.4 is 21.2 Å². The van der Waals surface area contributed by atoms with E-state index in [-0.39, 0.29) is 32.0 Å². The molecule has 216 valence electrons. The van der Waals surface area contributed by atoms with Crippen molar-refractivity contribution in [2.24, 2.45) is 0 Å². The fourth-order valence-electron chi connectivity index (χ4n) is 2.67. The normalized spacial score (nSPS) is 14.1. The summed E-state index contributed by atoms with van der Waals surface area (Å²) in [6.45, 7) is 13.6. The zero-order valence-electron chi connectivity index (χ0n) is 21.0. The molecule has 2 aromatic rings. The molecule has 0 aliphatic heterocycles. The summed E-state index contributed by atoms with van der Waals surface area (Å²) in [7, 11) is -7.42. The predicted molar refractivity (Wildman–Crippen MR) is 118 cm³/mol. The van der Waals surface area contributed by atoms with E-state index in [0.29, 0.717) is 0 Å². The summed E-state index contributed by atoms with van der Waals surface area (Å²) >= 11 is -0.0703. The van der Waals surface area contributed by atoms with Crippen molar-refractivity contribution in [1.82, 2.24) is 0 Å². The average Bonchev–Trinajstić information content (AvgIpc) is 2.72. The SMILES string of the molecule is CC(C)(C)c1ccc([I+]c2ccc(C(C)(C)C)cc2)cc1.O=S(=O)([O-])C(F)(F)C(F)(F)C(F)(F)C(F)(F)F. The third-order valence-corrected chi connectivity index (χ3v) is 8.64. The summed E-state index contributed by atoms with van der Waals surface area (Å²) in [5.74, 6) is -14.8. The third-order valence-electron chi connectivity index (χ3n) is 5.07. The monoisotopic (exact) mass is 692 g/mol. The third kappa shape index (κ3) is 7.77. The van der Waals surface area contributed by atoms with Crippen molar-refractivity contribution in [2.45, 2.75) is 75.6 Å². The second-order valence-corrected chi connectivity index (χ2v) is 14.7. The van der Waals surface area contributed by atoms with E-state index in [1.54, 1.807) is 0 Å². The van der Waals surface area contributed by atoms with E-state index in [1.807, 2.05) is 0 Å². The Morgan fingerprint density at radius 3 is 1.08 bits per heavy atom. The Morgan fingerprint density at radius 1 is 0.579 bits per heavy atom. The number of hydrogen-bond donors (Lipinski definition) is 0. The number of alkyl halides is 9. The maximum absolute atomic E-state index is 12.2. The van der Waals surface area contributed by atoms with Crippen LogP contribution in [0.2, 0.25) is 0 Å². The number of benzene rings is 2. The first kappa shape index (κ1) is 34.5. The second-order valence-electron chi connectivity index (χ2n) is 10.2. The molecular formula is C24H26F9IO3S. The minimum Gasteiger partial charge on any atom is -0.743 e. The first-order valence-corrected chi connectivity index (χ1v) is 14.2. The van der Waals surface area contributed by atoms with Gasteiger partial charge in [-0.15, -0.1) is 0 Å². The zero-order valence-corrected chi connectivity index (χ0v) is 24.0. The van der Waals surface area contributed by atoms with Crippen molar-refractivity contribution < 1.29 is 73.7 Å². The molecule has 3 nitrogen and oxygen atoms in total. The van der Waals surface area contributed by atoms with Gasteiger partial charge in [0.1, 0.15) is 0 Å². The van der Waals surface area contributed by atoms with Crippen molar-refractivity contribution in [3.8, 4) is 0 Å². The highest BCUT2D eigenvalue weighted by atomic mass is 127. The largest absolute Gasteiger partial charge is 0.743 e. The lowest BCUT2D eigenvalue weighted by molar-refractivity contribution is -0.597. The van der Waals surface area contributed by atoms with Crippen molar-refractivity contribution in [1.29, 1.82) is 0 Å². The molecular weight excluding hydrogens is 666 g/mol. The van der Waals surface area contributed by atoms with Crippen molar-refractivity contribution in [2.75, 3.05) is 0 Å². The molecule has 0 aliphatic rings. The van der Waals surface area contributed by atoms with Gasteiger partial charge in [-0.1, -0.05) is 65.8 Å². The van der Waals surface area contributed by atoms with Crippen LogP contribution in [0.5, 0.6) is 0 Å². The van der Waals surface area contributed by atoms with Gasteiger partial charge in [0.25, 0.3) is 0 Å². The number of hydrogen-bond acceptors (Lipinski definition) is 3. The molecule has 0 amide bonds. The van der Waals surface area contributed by atoms with E-state index in [2.05, 4.69) is 90.1 Å². The van der Waals surface area contributed by atoms with Crippen LogP contribution in [0.15, 0.2) is 48.5 Å². The summed E-state index contributed by atoms with van der Waals surface area (Å²) in [6, 6.07) is 18.4. The first-order chi connectivity index (χ1) is 16.7. The Morgan fingerprint density at radius 2 is 0.868 bits per heavy atom. The van der Waals surface area contributed by atoms with Crippen LogP contribution in [-0.2, 0) is 20.9 Å². The highest BCUT2D eigenvalue weighted by Crippen LogP contribution is 2.54. The topological polar surface area (TPSA) is 57.2 Å². The van der Waals surface area contributed by atoms with E-state index in [0.717, 1.165) is 0 Å². The first-order valence-electron chi connectivity index (χ1n) is 10.7. The Labute approximate surface area is 225 Å². The molecule has 2 aromatic carbocycles. The lowest BCUT2D eigenvalue weighted by atomic mass is 9.87. The van der Waals surface area contributed by atoms with Gasteiger partial charge in [0.2, 0.25) is 0 Å². The molecule has 0 heterocycles. The molecule has 0 N–H and O–H groups in total. The van der Waals surface area contributed by atoms with Gasteiger partial charge in [0, 0.05) is 0 Å². The Hall–Kier alpha value is -1.55. The predicted octanol–water partition coefficient (Wildman–Crippen LogP) is 4.37. The van der Waals surface area contributed by atoms with Gasteiger partial charge >= 0.3 is 44.5 Å². The maximum Gasteiger partial charge on any atom is 0.460 e. The maximum atomic E-state index is 12.2. The van der Waals surface area contributed by atoms with Crippen LogP contribution in [0, 0.1) is 7.14 Å². The quantitative estimate of drug-likeness (QED) is 0.266. The van der Waals surface area contributed by atoms with Crippen LogP contribution in [0.1, 0.15) is 52.7 Å². The highest BCUT2D eigenvalue weighted by molar-refractivity contribution is 7.86. The highest BCUT2D eigenvalue weighted by Gasteiger charge is 2.83. The smallest absolute Gasteiger partial charge is 0.460 e. The molecule has 0 unspecified atom stereocenters. The van der Waals surface area contributed by atoms with Crippen LogP contribution in [0.25, 0.3) is 0 Å². The molecule has 0 atom stereocenters. The van der Waals surface area contributed by atoms with E-state index in [4.69, 9.17) is 0 Å². The molecule has 0 aliphatic carbocycles. The molecule has 0 saturated carbocycles. The molecule has 38 heavy (non-hydrogen) atoms. The van der Waals surface area contributed by atoms with Crippen molar-refractivity contribution >= 4 is 10.1 Å². The van der Waals surface area contributed by atoms with Gasteiger partial charge < -0.3 is 4.55 Å². The average molecular weight is 692 g/mol. The summed E-state index contributed by atoms with van der Waals surface area (Å²) in [6.07, 6.45) is -7.16. The molecule has 0 aromatic heterocycles. The number of rotatable bonds is 5. The molecule has 2 rings (SSSR count). The summed E-state index contributed by atoms with van der Waals surface area (Å²) in [5, 5.41) is -7.11. The van der Waals surface area contributed by atoms with Gasteiger partial charge in [0.05, 0.1) is 0 Å². The Balaban J connectivity index is 0.000000391. The lowest BCUT2D eigenvalue weighted by Crippen LogP contribution is -3.61. The van der Waals surface area contributed by atoms with Crippen molar-refractivity contribution in [3.63, 3.8) is 0 Å². The minimum atomic E-state index is -7.43. The van der Waals surface area contributed by atoms with Crippen LogP contribution in [0.3, 0.4) is 0 Å². The Bertz CT molecular complexity index is 1120. The molecule has 14 heteroatoms. The minimum absolute atomic E-state index is 0.0703. The van der Waals surface area contributed by atoms with E-state index in [1.165, 1.54) is 18.3 Å². The molecule has 0 bridgehead atoms. The molecule has 0 spiro atoms. The van der Waals surface area contributed by atoms with Gasteiger partial charge in [-0.2, -0.15) is 39.5 Å². The van der Waals surface area contributed by atoms with Gasteiger partial charge in [-0.05, 0) is 46.2 Å². The molecule has 0 fully saturated rings. The van der Waals surface area contributed by atoms with E-state index in [9.17, 15) is 52.5 Å². The Kier molecular flexibility index (Phi) is 10.1. The summed E-state index contributed by atoms with van der Waals surface area (Å²) in [5.41, 5.74) is 3.31. The zero-order chi connectivity index (χ0) is 30.2.